The van der Waals surface area contributed by atoms with E-state index in [2.05, 4.69) is 12.2 Å². The second-order valence-electron chi connectivity index (χ2n) is 5.54. The molecular formula is C17H28N2O2. The highest BCUT2D eigenvalue weighted by atomic mass is 16.6. The van der Waals surface area contributed by atoms with Gasteiger partial charge in [-0.2, -0.15) is 0 Å². The fourth-order valence-corrected chi connectivity index (χ4v) is 2.45. The van der Waals surface area contributed by atoms with Gasteiger partial charge in [-0.3, -0.25) is 10.1 Å². The van der Waals surface area contributed by atoms with Gasteiger partial charge in [-0.1, -0.05) is 70.1 Å². The molecule has 0 heterocycles. The highest BCUT2D eigenvalue weighted by molar-refractivity contribution is 5.39. The lowest BCUT2D eigenvalue weighted by Gasteiger charge is -2.06. The van der Waals surface area contributed by atoms with Crippen LogP contribution < -0.4 is 5.32 Å². The lowest BCUT2D eigenvalue weighted by Crippen LogP contribution is -2.15. The first-order chi connectivity index (χ1) is 10.3. The highest BCUT2D eigenvalue weighted by Crippen LogP contribution is 2.17. The van der Waals surface area contributed by atoms with Crippen LogP contribution in [0, 0.1) is 10.1 Å². The maximum atomic E-state index is 10.9. The third-order valence-corrected chi connectivity index (χ3v) is 3.71. The Balaban J connectivity index is 2.06. The quantitative estimate of drug-likeness (QED) is 0.341. The zero-order valence-electron chi connectivity index (χ0n) is 13.1. The van der Waals surface area contributed by atoms with Gasteiger partial charge < -0.3 is 5.32 Å². The molecule has 1 N–H and O–H groups in total. The van der Waals surface area contributed by atoms with Gasteiger partial charge in [0.1, 0.15) is 0 Å². The minimum Gasteiger partial charge on any atom is -0.312 e. The summed E-state index contributed by atoms with van der Waals surface area (Å²) in [7, 11) is 0. The Labute approximate surface area is 128 Å². The summed E-state index contributed by atoms with van der Waals surface area (Å²) in [6.45, 7) is 3.75. The van der Waals surface area contributed by atoms with Crippen molar-refractivity contribution in [2.45, 2.75) is 64.8 Å². The van der Waals surface area contributed by atoms with E-state index in [1.54, 1.807) is 12.1 Å². The molecule has 0 aliphatic carbocycles. The largest absolute Gasteiger partial charge is 0.312 e. The van der Waals surface area contributed by atoms with Crippen LogP contribution in [0.1, 0.15) is 63.9 Å². The molecule has 0 aliphatic heterocycles. The van der Waals surface area contributed by atoms with Crippen LogP contribution in [0.4, 0.5) is 5.69 Å². The molecular weight excluding hydrogens is 264 g/mol. The third-order valence-electron chi connectivity index (χ3n) is 3.71. The second-order valence-corrected chi connectivity index (χ2v) is 5.54. The Morgan fingerprint density at radius 1 is 1.00 bits per heavy atom. The Kier molecular flexibility index (Phi) is 9.46. The van der Waals surface area contributed by atoms with Crippen molar-refractivity contribution in [3.63, 3.8) is 0 Å². The van der Waals surface area contributed by atoms with Gasteiger partial charge in [0.05, 0.1) is 4.92 Å². The molecule has 0 radical (unpaired) electrons. The topological polar surface area (TPSA) is 55.2 Å². The maximum Gasteiger partial charge on any atom is 0.273 e. The molecule has 4 nitrogen and oxygen atoms in total. The van der Waals surface area contributed by atoms with E-state index in [-0.39, 0.29) is 10.6 Å². The van der Waals surface area contributed by atoms with Crippen LogP contribution in [0.15, 0.2) is 24.3 Å². The molecule has 0 spiro atoms. The summed E-state index contributed by atoms with van der Waals surface area (Å²) in [5, 5.41) is 14.2. The van der Waals surface area contributed by atoms with Crippen LogP contribution in [-0.2, 0) is 6.54 Å². The average Bonchev–Trinajstić information content (AvgIpc) is 2.49. The number of hydrogen-bond donors (Lipinski definition) is 1. The van der Waals surface area contributed by atoms with Crippen LogP contribution in [0.3, 0.4) is 0 Å². The molecule has 0 atom stereocenters. The molecule has 1 aromatic carbocycles. The predicted octanol–water partition coefficient (Wildman–Crippen LogP) is 4.83. The van der Waals surface area contributed by atoms with Gasteiger partial charge in [0.15, 0.2) is 0 Å². The first kappa shape index (κ1) is 17.6. The van der Waals surface area contributed by atoms with E-state index in [0.717, 1.165) is 18.5 Å². The Hall–Kier alpha value is -1.42. The van der Waals surface area contributed by atoms with Crippen LogP contribution in [0.2, 0.25) is 0 Å². The maximum absolute atomic E-state index is 10.9. The lowest BCUT2D eigenvalue weighted by molar-refractivity contribution is -0.385. The monoisotopic (exact) mass is 292 g/mol. The van der Waals surface area contributed by atoms with Crippen LogP contribution in [0.25, 0.3) is 0 Å². The smallest absolute Gasteiger partial charge is 0.273 e. The molecule has 21 heavy (non-hydrogen) atoms. The van der Waals surface area contributed by atoms with E-state index in [1.807, 2.05) is 12.1 Å². The minimum atomic E-state index is -0.312. The van der Waals surface area contributed by atoms with Gasteiger partial charge in [0.2, 0.25) is 0 Å². The SMILES string of the molecule is CCCCCCCCCCNCc1ccccc1[N+](=O)[O-]. The normalized spacial score (nSPS) is 10.7. The van der Waals surface area contributed by atoms with E-state index >= 15 is 0 Å². The number of rotatable bonds is 12. The van der Waals surface area contributed by atoms with Crippen molar-refractivity contribution in [3.05, 3.63) is 39.9 Å². The molecule has 4 heteroatoms. The second kappa shape index (κ2) is 11.3. The summed E-state index contributed by atoms with van der Waals surface area (Å²) in [5.74, 6) is 0. The number of nitro groups is 1. The van der Waals surface area contributed by atoms with Gasteiger partial charge in [0.25, 0.3) is 5.69 Å². The molecule has 1 rings (SSSR count). The van der Waals surface area contributed by atoms with Crippen LogP contribution >= 0.6 is 0 Å². The number of nitrogens with zero attached hydrogens (tertiary/aromatic N) is 1. The molecule has 118 valence electrons. The number of para-hydroxylation sites is 1. The van der Waals surface area contributed by atoms with Crippen molar-refractivity contribution < 1.29 is 4.92 Å². The van der Waals surface area contributed by atoms with E-state index in [9.17, 15) is 10.1 Å². The van der Waals surface area contributed by atoms with Gasteiger partial charge in [-0.15, -0.1) is 0 Å². The third kappa shape index (κ3) is 7.81. The van der Waals surface area contributed by atoms with Gasteiger partial charge in [-0.05, 0) is 13.0 Å². The number of nitrogens with one attached hydrogen (secondary N) is 1. The van der Waals surface area contributed by atoms with Gasteiger partial charge in [-0.25, -0.2) is 0 Å². The first-order valence-electron chi connectivity index (χ1n) is 8.18. The number of benzene rings is 1. The van der Waals surface area contributed by atoms with Crippen molar-refractivity contribution in [2.24, 2.45) is 0 Å². The summed E-state index contributed by atoms with van der Waals surface area (Å²) >= 11 is 0. The molecule has 0 aliphatic rings. The number of hydrogen-bond acceptors (Lipinski definition) is 3. The number of unbranched alkanes of at least 4 members (excludes halogenated alkanes) is 7. The predicted molar refractivity (Wildman–Crippen MR) is 87.4 cm³/mol. The Morgan fingerprint density at radius 2 is 1.62 bits per heavy atom. The fourth-order valence-electron chi connectivity index (χ4n) is 2.45. The Morgan fingerprint density at radius 3 is 2.29 bits per heavy atom. The summed E-state index contributed by atoms with van der Waals surface area (Å²) in [5.41, 5.74) is 0.975. The minimum absolute atomic E-state index is 0.209. The standard InChI is InChI=1S/C17H28N2O2/c1-2-3-4-5-6-7-8-11-14-18-15-16-12-9-10-13-17(16)19(20)21/h9-10,12-13,18H,2-8,11,14-15H2,1H3. The van der Waals surface area contributed by atoms with Gasteiger partial charge >= 0.3 is 0 Å². The van der Waals surface area contributed by atoms with Crippen molar-refractivity contribution in [1.29, 1.82) is 0 Å². The first-order valence-corrected chi connectivity index (χ1v) is 8.18. The summed E-state index contributed by atoms with van der Waals surface area (Å²) in [6.07, 6.45) is 10.4. The van der Waals surface area contributed by atoms with Crippen LogP contribution in [0.5, 0.6) is 0 Å². The molecule has 0 saturated heterocycles. The zero-order valence-corrected chi connectivity index (χ0v) is 13.1. The molecule has 0 aromatic heterocycles. The van der Waals surface area contributed by atoms with Crippen molar-refractivity contribution >= 4 is 5.69 Å². The van der Waals surface area contributed by atoms with Crippen molar-refractivity contribution in [3.8, 4) is 0 Å². The van der Waals surface area contributed by atoms with E-state index in [4.69, 9.17) is 0 Å². The molecule has 0 unspecified atom stereocenters. The molecule has 0 fully saturated rings. The molecule has 1 aromatic rings. The summed E-state index contributed by atoms with van der Waals surface area (Å²) < 4.78 is 0. The number of nitro benzene ring substituents is 1. The summed E-state index contributed by atoms with van der Waals surface area (Å²) in [6, 6.07) is 6.94. The van der Waals surface area contributed by atoms with E-state index in [0.29, 0.717) is 6.54 Å². The van der Waals surface area contributed by atoms with Crippen molar-refractivity contribution in [1.82, 2.24) is 5.32 Å². The summed E-state index contributed by atoms with van der Waals surface area (Å²) in [4.78, 5) is 10.6. The van der Waals surface area contributed by atoms with E-state index in [1.165, 1.54) is 44.9 Å². The lowest BCUT2D eigenvalue weighted by atomic mass is 10.1. The van der Waals surface area contributed by atoms with Crippen molar-refractivity contribution in [2.75, 3.05) is 6.54 Å². The van der Waals surface area contributed by atoms with E-state index < -0.39 is 0 Å². The Bertz CT molecular complexity index is 408. The highest BCUT2D eigenvalue weighted by Gasteiger charge is 2.10. The zero-order chi connectivity index (χ0) is 15.3. The fraction of sp³-hybridized carbons (Fsp3) is 0.647. The molecule has 0 saturated carbocycles. The van der Waals surface area contributed by atoms with Gasteiger partial charge in [0, 0.05) is 18.2 Å². The average molecular weight is 292 g/mol. The molecule has 0 amide bonds. The van der Waals surface area contributed by atoms with Crippen LogP contribution in [-0.4, -0.2) is 11.5 Å². The molecule has 0 bridgehead atoms.